The summed E-state index contributed by atoms with van der Waals surface area (Å²) in [5.74, 6) is 0. The van der Waals surface area contributed by atoms with E-state index in [0.29, 0.717) is 6.54 Å². The molecular formula is C5H7ClN2O. The molecule has 0 atom stereocenters. The van der Waals surface area contributed by atoms with Crippen molar-refractivity contribution in [2.24, 2.45) is 4.99 Å². The molecule has 0 radical (unpaired) electrons. The largest absolute Gasteiger partial charge is 0.344 e. The summed E-state index contributed by atoms with van der Waals surface area (Å²) in [6.07, 6.45) is 2.43. The highest BCUT2D eigenvalue weighted by Gasteiger charge is 2.12. The van der Waals surface area contributed by atoms with Crippen molar-refractivity contribution in [2.75, 3.05) is 12.5 Å². The van der Waals surface area contributed by atoms with Gasteiger partial charge in [0.05, 0.1) is 6.00 Å². The molecule has 0 saturated carbocycles. The molecule has 0 saturated heterocycles. The van der Waals surface area contributed by atoms with E-state index in [2.05, 4.69) is 4.99 Å². The van der Waals surface area contributed by atoms with Gasteiger partial charge in [-0.25, -0.2) is 9.79 Å². The van der Waals surface area contributed by atoms with Gasteiger partial charge in [0.15, 0.2) is 0 Å². The predicted molar refractivity (Wildman–Crippen MR) is 35.9 cm³/mol. The van der Waals surface area contributed by atoms with Crippen molar-refractivity contribution in [3.63, 3.8) is 0 Å². The second kappa shape index (κ2) is 2.82. The van der Waals surface area contributed by atoms with Gasteiger partial charge >= 0.3 is 6.03 Å². The molecule has 0 aromatic carbocycles. The van der Waals surface area contributed by atoms with E-state index in [4.69, 9.17) is 11.6 Å². The van der Waals surface area contributed by atoms with Crippen LogP contribution in [0.15, 0.2) is 4.99 Å². The lowest BCUT2D eigenvalue weighted by Gasteiger charge is -2.18. The van der Waals surface area contributed by atoms with Crippen molar-refractivity contribution in [3.05, 3.63) is 0 Å². The molecule has 0 unspecified atom stereocenters. The lowest BCUT2D eigenvalue weighted by Crippen LogP contribution is -2.31. The van der Waals surface area contributed by atoms with Gasteiger partial charge in [-0.3, -0.25) is 0 Å². The van der Waals surface area contributed by atoms with E-state index in [1.54, 1.807) is 6.21 Å². The fourth-order valence-electron chi connectivity index (χ4n) is 0.644. The number of hydrogen-bond acceptors (Lipinski definition) is 1. The van der Waals surface area contributed by atoms with Crippen molar-refractivity contribution >= 4 is 23.8 Å². The maximum atomic E-state index is 10.7. The SMILES string of the molecule is O=C1N=CCCN1CCl. The number of alkyl halides is 1. The molecule has 1 rings (SSSR count). The first-order chi connectivity index (χ1) is 4.34. The summed E-state index contributed by atoms with van der Waals surface area (Å²) in [5.41, 5.74) is 0. The molecule has 0 aromatic rings. The van der Waals surface area contributed by atoms with E-state index >= 15 is 0 Å². The minimum atomic E-state index is -0.226. The Kier molecular flexibility index (Phi) is 2.05. The van der Waals surface area contributed by atoms with Crippen LogP contribution in [0.5, 0.6) is 0 Å². The van der Waals surface area contributed by atoms with E-state index in [9.17, 15) is 4.79 Å². The average Bonchev–Trinajstić information content (AvgIpc) is 1.89. The number of halogens is 1. The lowest BCUT2D eigenvalue weighted by atomic mass is 10.4. The van der Waals surface area contributed by atoms with Crippen LogP contribution in [0.3, 0.4) is 0 Å². The number of aliphatic imine (C=N–C) groups is 1. The first-order valence-corrected chi connectivity index (χ1v) is 3.25. The van der Waals surface area contributed by atoms with Gasteiger partial charge in [-0.2, -0.15) is 0 Å². The Morgan fingerprint density at radius 3 is 3.11 bits per heavy atom. The lowest BCUT2D eigenvalue weighted by molar-refractivity contribution is 0.215. The molecule has 3 nitrogen and oxygen atoms in total. The van der Waals surface area contributed by atoms with Crippen LogP contribution in [0.25, 0.3) is 0 Å². The summed E-state index contributed by atoms with van der Waals surface area (Å²) in [6.45, 7) is 0.700. The van der Waals surface area contributed by atoms with Gasteiger partial charge in [-0.15, -0.1) is 11.6 Å². The van der Waals surface area contributed by atoms with Crippen molar-refractivity contribution in [2.45, 2.75) is 6.42 Å². The monoisotopic (exact) mass is 146 g/mol. The molecule has 0 aromatic heterocycles. The first kappa shape index (κ1) is 6.55. The molecule has 50 valence electrons. The second-order valence-electron chi connectivity index (χ2n) is 1.77. The van der Waals surface area contributed by atoms with E-state index in [1.807, 2.05) is 0 Å². The third-order valence-electron chi connectivity index (χ3n) is 1.14. The van der Waals surface area contributed by atoms with Crippen LogP contribution in [0.4, 0.5) is 4.79 Å². The Morgan fingerprint density at radius 1 is 1.89 bits per heavy atom. The molecular weight excluding hydrogens is 140 g/mol. The smallest absolute Gasteiger partial charge is 0.309 e. The van der Waals surface area contributed by atoms with Crippen molar-refractivity contribution in [1.82, 2.24) is 4.90 Å². The van der Waals surface area contributed by atoms with Crippen LogP contribution in [0.2, 0.25) is 0 Å². The van der Waals surface area contributed by atoms with Gasteiger partial charge < -0.3 is 4.90 Å². The van der Waals surface area contributed by atoms with Crippen LogP contribution >= 0.6 is 11.6 Å². The van der Waals surface area contributed by atoms with Crippen LogP contribution in [-0.4, -0.2) is 29.7 Å². The fourth-order valence-corrected chi connectivity index (χ4v) is 0.866. The van der Waals surface area contributed by atoms with Crippen LogP contribution in [0, 0.1) is 0 Å². The second-order valence-corrected chi connectivity index (χ2v) is 2.00. The first-order valence-electron chi connectivity index (χ1n) is 2.72. The minimum Gasteiger partial charge on any atom is -0.309 e. The molecule has 0 aliphatic carbocycles. The molecule has 0 N–H and O–H groups in total. The molecule has 4 heteroatoms. The third kappa shape index (κ3) is 1.42. The number of urea groups is 1. The number of nitrogens with zero attached hydrogens (tertiary/aromatic N) is 2. The number of carbonyl (C=O) groups is 1. The summed E-state index contributed by atoms with van der Waals surface area (Å²) >= 11 is 5.41. The molecule has 1 aliphatic rings. The zero-order chi connectivity index (χ0) is 6.69. The van der Waals surface area contributed by atoms with Gasteiger partial charge in [-0.05, 0) is 0 Å². The van der Waals surface area contributed by atoms with Crippen LogP contribution in [0.1, 0.15) is 6.42 Å². The van der Waals surface area contributed by atoms with Gasteiger partial charge in [0.25, 0.3) is 0 Å². The van der Waals surface area contributed by atoms with Crippen LogP contribution in [-0.2, 0) is 0 Å². The maximum Gasteiger partial charge on any atom is 0.344 e. The standard InChI is InChI=1S/C5H7ClN2O/c6-4-8-3-1-2-7-5(8)9/h2H,1,3-4H2. The van der Waals surface area contributed by atoms with E-state index in [0.717, 1.165) is 6.42 Å². The van der Waals surface area contributed by atoms with Gasteiger partial charge in [-0.1, -0.05) is 0 Å². The van der Waals surface area contributed by atoms with Gasteiger partial charge in [0.1, 0.15) is 0 Å². The van der Waals surface area contributed by atoms with Crippen molar-refractivity contribution < 1.29 is 4.79 Å². The molecule has 2 amide bonds. The third-order valence-corrected chi connectivity index (χ3v) is 1.43. The number of carbonyl (C=O) groups excluding carboxylic acids is 1. The van der Waals surface area contributed by atoms with E-state index in [1.165, 1.54) is 4.90 Å². The summed E-state index contributed by atoms with van der Waals surface area (Å²) < 4.78 is 0. The minimum absolute atomic E-state index is 0.226. The highest BCUT2D eigenvalue weighted by Crippen LogP contribution is 2.00. The normalized spacial score (nSPS) is 18.8. The predicted octanol–water partition coefficient (Wildman–Crippen LogP) is 1.08. The molecule has 0 spiro atoms. The van der Waals surface area contributed by atoms with E-state index < -0.39 is 0 Å². The number of rotatable bonds is 1. The number of hydrogen-bond donors (Lipinski definition) is 0. The quantitative estimate of drug-likeness (QED) is 0.403. The zero-order valence-electron chi connectivity index (χ0n) is 4.88. The fraction of sp³-hybridized carbons (Fsp3) is 0.600. The van der Waals surface area contributed by atoms with E-state index in [-0.39, 0.29) is 12.0 Å². The van der Waals surface area contributed by atoms with Crippen LogP contribution < -0.4 is 0 Å². The Labute approximate surface area is 58.3 Å². The van der Waals surface area contributed by atoms with Crippen molar-refractivity contribution in [3.8, 4) is 0 Å². The molecule has 0 fully saturated rings. The van der Waals surface area contributed by atoms with Gasteiger partial charge in [0, 0.05) is 19.2 Å². The molecule has 0 bridgehead atoms. The van der Waals surface area contributed by atoms with Gasteiger partial charge in [0.2, 0.25) is 0 Å². The Balaban J connectivity index is 2.55. The highest BCUT2D eigenvalue weighted by molar-refractivity contribution is 6.18. The summed E-state index contributed by atoms with van der Waals surface area (Å²) in [5, 5.41) is 0. The molecule has 1 heterocycles. The Bertz CT molecular complexity index is 146. The zero-order valence-corrected chi connectivity index (χ0v) is 5.64. The highest BCUT2D eigenvalue weighted by atomic mass is 35.5. The number of amides is 2. The Hall–Kier alpha value is -0.570. The topological polar surface area (TPSA) is 32.7 Å². The summed E-state index contributed by atoms with van der Waals surface area (Å²) in [4.78, 5) is 15.7. The summed E-state index contributed by atoms with van der Waals surface area (Å²) in [7, 11) is 0. The summed E-state index contributed by atoms with van der Waals surface area (Å²) in [6, 6.07) is 0.0205. The molecule has 1 aliphatic heterocycles. The maximum absolute atomic E-state index is 10.7. The van der Waals surface area contributed by atoms with Crippen molar-refractivity contribution in [1.29, 1.82) is 0 Å². The average molecular weight is 147 g/mol. The Morgan fingerprint density at radius 2 is 2.67 bits per heavy atom. The molecule has 9 heavy (non-hydrogen) atoms.